The van der Waals surface area contributed by atoms with Crippen LogP contribution in [0.4, 0.5) is 5.69 Å². The van der Waals surface area contributed by atoms with Gasteiger partial charge in [-0.3, -0.25) is 9.00 Å². The molecule has 0 aliphatic rings. The van der Waals surface area contributed by atoms with Crippen molar-refractivity contribution in [2.45, 2.75) is 18.6 Å². The van der Waals surface area contributed by atoms with Gasteiger partial charge in [0, 0.05) is 41.2 Å². The first-order valence-electron chi connectivity index (χ1n) is 6.10. The molecule has 0 aliphatic carbocycles. The molecule has 0 aliphatic heterocycles. The quantitative estimate of drug-likeness (QED) is 0.863. The van der Waals surface area contributed by atoms with Gasteiger partial charge in [0.15, 0.2) is 0 Å². The minimum absolute atomic E-state index is 0.0541. The van der Waals surface area contributed by atoms with E-state index in [-0.39, 0.29) is 11.2 Å². The van der Waals surface area contributed by atoms with E-state index in [0.29, 0.717) is 33.9 Å². The second-order valence-corrected chi connectivity index (χ2v) is 7.21. The Morgan fingerprint density at radius 3 is 2.85 bits per heavy atom. The van der Waals surface area contributed by atoms with Crippen molar-refractivity contribution in [1.82, 2.24) is 15.3 Å². The molecule has 108 valence electrons. The largest absolute Gasteiger partial charge is 0.396 e. The van der Waals surface area contributed by atoms with E-state index in [1.165, 1.54) is 11.3 Å². The number of nitrogens with one attached hydrogen (secondary N) is 1. The van der Waals surface area contributed by atoms with Crippen molar-refractivity contribution in [3.05, 3.63) is 17.3 Å². The Bertz CT molecular complexity index is 656. The Morgan fingerprint density at radius 1 is 1.50 bits per heavy atom. The molecule has 2 unspecified atom stereocenters. The average molecular weight is 312 g/mol. The molecule has 2 rings (SSSR count). The summed E-state index contributed by atoms with van der Waals surface area (Å²) < 4.78 is 11.2. The number of fused-ring (bicyclic) bond motifs is 1. The topological polar surface area (TPSA) is 98.0 Å². The molecule has 0 fully saturated rings. The number of hydrogen-bond acceptors (Lipinski definition) is 6. The molecule has 0 spiro atoms. The molecule has 0 aromatic carbocycles. The molecule has 8 heteroatoms. The van der Waals surface area contributed by atoms with Crippen LogP contribution in [0.1, 0.15) is 23.0 Å². The predicted molar refractivity (Wildman–Crippen MR) is 82.3 cm³/mol. The van der Waals surface area contributed by atoms with Crippen LogP contribution in [0.5, 0.6) is 0 Å². The lowest BCUT2D eigenvalue weighted by Gasteiger charge is -2.08. The maximum absolute atomic E-state index is 12.1. The second-order valence-electron chi connectivity index (χ2n) is 4.41. The van der Waals surface area contributed by atoms with Crippen molar-refractivity contribution >= 4 is 44.1 Å². The Kier molecular flexibility index (Phi) is 4.66. The highest BCUT2D eigenvalue weighted by atomic mass is 32.2. The van der Waals surface area contributed by atoms with Crippen LogP contribution in [-0.2, 0) is 10.8 Å². The van der Waals surface area contributed by atoms with Crippen molar-refractivity contribution in [3.63, 3.8) is 0 Å². The minimum Gasteiger partial charge on any atom is -0.396 e. The van der Waals surface area contributed by atoms with Gasteiger partial charge in [0.05, 0.1) is 5.69 Å². The number of anilines is 1. The van der Waals surface area contributed by atoms with Gasteiger partial charge in [-0.2, -0.15) is 0 Å². The maximum Gasteiger partial charge on any atom is 0.263 e. The highest BCUT2D eigenvalue weighted by Gasteiger charge is 2.17. The molecule has 2 heterocycles. The molecule has 2 aromatic rings. The maximum atomic E-state index is 12.1. The van der Waals surface area contributed by atoms with E-state index in [9.17, 15) is 9.00 Å². The number of nitrogens with zero attached hydrogens (tertiary/aromatic N) is 2. The zero-order valence-corrected chi connectivity index (χ0v) is 12.9. The van der Waals surface area contributed by atoms with Crippen LogP contribution in [0.2, 0.25) is 0 Å². The molecule has 2 aromatic heterocycles. The molecule has 20 heavy (non-hydrogen) atoms. The van der Waals surface area contributed by atoms with Gasteiger partial charge in [-0.25, -0.2) is 9.97 Å². The lowest BCUT2D eigenvalue weighted by Crippen LogP contribution is -2.27. The minimum atomic E-state index is -0.880. The standard InChI is InChI=1S/C12H16N4O2S2/c1-7(20(2)18)3-4-15-11(17)10-8(13)9-12(19-10)16-6-5-14-9/h5-7H,3-4,13H2,1-2H3,(H,15,17). The number of nitrogens with two attached hydrogens (primary N) is 1. The lowest BCUT2D eigenvalue weighted by atomic mass is 10.3. The molecule has 0 radical (unpaired) electrons. The zero-order valence-electron chi connectivity index (χ0n) is 11.3. The van der Waals surface area contributed by atoms with Crippen molar-refractivity contribution in [3.8, 4) is 0 Å². The van der Waals surface area contributed by atoms with Crippen molar-refractivity contribution in [2.24, 2.45) is 0 Å². The molecule has 0 saturated heterocycles. The summed E-state index contributed by atoms with van der Waals surface area (Å²) in [7, 11) is -0.880. The Labute approximate surface area is 123 Å². The molecule has 2 atom stereocenters. The van der Waals surface area contributed by atoms with Gasteiger partial charge < -0.3 is 11.1 Å². The summed E-state index contributed by atoms with van der Waals surface area (Å²) in [5.41, 5.74) is 6.84. The molecule has 3 N–H and O–H groups in total. The van der Waals surface area contributed by atoms with Crippen LogP contribution in [0.25, 0.3) is 10.3 Å². The highest BCUT2D eigenvalue weighted by Crippen LogP contribution is 2.30. The van der Waals surface area contributed by atoms with Crippen LogP contribution in [0, 0.1) is 0 Å². The second kappa shape index (κ2) is 6.27. The van der Waals surface area contributed by atoms with Crippen LogP contribution >= 0.6 is 11.3 Å². The van der Waals surface area contributed by atoms with E-state index < -0.39 is 10.8 Å². The van der Waals surface area contributed by atoms with E-state index >= 15 is 0 Å². The molecule has 0 saturated carbocycles. The number of nitrogen functional groups attached to an aromatic ring is 1. The van der Waals surface area contributed by atoms with E-state index in [1.807, 2.05) is 6.92 Å². The highest BCUT2D eigenvalue weighted by molar-refractivity contribution is 7.84. The van der Waals surface area contributed by atoms with Crippen molar-refractivity contribution in [2.75, 3.05) is 18.5 Å². The summed E-state index contributed by atoms with van der Waals surface area (Å²) >= 11 is 1.23. The first-order valence-corrected chi connectivity index (χ1v) is 8.54. The number of amides is 1. The normalized spacial score (nSPS) is 14.1. The summed E-state index contributed by atoms with van der Waals surface area (Å²) in [5.74, 6) is -0.235. The molecular formula is C12H16N4O2S2. The van der Waals surface area contributed by atoms with Gasteiger partial charge in [0.2, 0.25) is 0 Å². The van der Waals surface area contributed by atoms with Gasteiger partial charge in [-0.15, -0.1) is 11.3 Å². The van der Waals surface area contributed by atoms with Crippen LogP contribution < -0.4 is 11.1 Å². The first-order chi connectivity index (χ1) is 9.50. The number of thiophene rings is 1. The number of hydrogen-bond donors (Lipinski definition) is 2. The summed E-state index contributed by atoms with van der Waals surface area (Å²) in [6, 6.07) is 0. The predicted octanol–water partition coefficient (Wildman–Crippen LogP) is 1.16. The Hall–Kier alpha value is -1.54. The molecule has 1 amide bonds. The van der Waals surface area contributed by atoms with Crippen molar-refractivity contribution < 1.29 is 9.00 Å². The summed E-state index contributed by atoms with van der Waals surface area (Å²) in [4.78, 5) is 21.4. The van der Waals surface area contributed by atoms with Crippen LogP contribution in [-0.4, -0.2) is 38.1 Å². The summed E-state index contributed by atoms with van der Waals surface area (Å²) in [6.45, 7) is 2.36. The third-order valence-electron chi connectivity index (χ3n) is 2.97. The van der Waals surface area contributed by atoms with E-state index in [2.05, 4.69) is 15.3 Å². The van der Waals surface area contributed by atoms with Gasteiger partial charge in [-0.05, 0) is 6.42 Å². The fourth-order valence-electron chi connectivity index (χ4n) is 1.65. The zero-order chi connectivity index (χ0) is 14.7. The lowest BCUT2D eigenvalue weighted by molar-refractivity contribution is 0.0958. The molecule has 0 bridgehead atoms. The summed E-state index contributed by atoms with van der Waals surface area (Å²) in [5, 5.41) is 2.84. The number of rotatable bonds is 5. The average Bonchev–Trinajstić information content (AvgIpc) is 2.76. The van der Waals surface area contributed by atoms with Crippen LogP contribution in [0.3, 0.4) is 0 Å². The SMILES string of the molecule is CC(CCNC(=O)c1sc2nccnc2c1N)S(C)=O. The summed E-state index contributed by atoms with van der Waals surface area (Å²) in [6.07, 6.45) is 5.44. The monoisotopic (exact) mass is 312 g/mol. The molecular weight excluding hydrogens is 296 g/mol. The van der Waals surface area contributed by atoms with E-state index in [0.717, 1.165) is 0 Å². The van der Waals surface area contributed by atoms with Gasteiger partial charge in [0.25, 0.3) is 5.91 Å². The van der Waals surface area contributed by atoms with Gasteiger partial charge >= 0.3 is 0 Å². The third kappa shape index (κ3) is 3.13. The fourth-order valence-corrected chi connectivity index (χ4v) is 3.04. The van der Waals surface area contributed by atoms with Crippen molar-refractivity contribution in [1.29, 1.82) is 0 Å². The smallest absolute Gasteiger partial charge is 0.263 e. The van der Waals surface area contributed by atoms with E-state index in [1.54, 1.807) is 18.6 Å². The van der Waals surface area contributed by atoms with E-state index in [4.69, 9.17) is 5.73 Å². The van der Waals surface area contributed by atoms with Gasteiger partial charge in [-0.1, -0.05) is 6.92 Å². The Morgan fingerprint density at radius 2 is 2.20 bits per heavy atom. The Balaban J connectivity index is 2.04. The van der Waals surface area contributed by atoms with Crippen LogP contribution in [0.15, 0.2) is 12.4 Å². The molecule has 6 nitrogen and oxygen atoms in total. The number of carbonyl (C=O) groups is 1. The fraction of sp³-hybridized carbons (Fsp3) is 0.417. The van der Waals surface area contributed by atoms with Gasteiger partial charge in [0.1, 0.15) is 15.2 Å². The first kappa shape index (κ1) is 14.9. The third-order valence-corrected chi connectivity index (χ3v) is 5.44. The number of carbonyl (C=O) groups excluding carboxylic acids is 1. The number of aromatic nitrogens is 2.